The lowest BCUT2D eigenvalue weighted by Gasteiger charge is -2.36. The Bertz CT molecular complexity index is 651. The number of methoxy groups -OCH3 is 1. The van der Waals surface area contributed by atoms with E-state index in [1.54, 1.807) is 0 Å². The van der Waals surface area contributed by atoms with E-state index in [9.17, 15) is 24.0 Å². The number of nitrogens with one attached hydrogen (secondary N) is 2. The monoisotopic (exact) mass is 397 g/mol. The fourth-order valence-corrected chi connectivity index (χ4v) is 3.57. The zero-order chi connectivity index (χ0) is 20.7. The third-order valence-corrected chi connectivity index (χ3v) is 5.26. The van der Waals surface area contributed by atoms with Crippen LogP contribution >= 0.6 is 0 Å². The molecule has 0 aromatic heterocycles. The van der Waals surface area contributed by atoms with Gasteiger partial charge in [0.1, 0.15) is 12.1 Å². The molecule has 0 radical (unpaired) electrons. The van der Waals surface area contributed by atoms with Crippen LogP contribution in [-0.4, -0.2) is 67.0 Å². The minimum atomic E-state index is -0.938. The standard InChI is InChI=1S/C18H27N3O7/c1-12-6-3-4-8-18(12)16(25)21(17(26)20-18)10-15(24)28-11-13(22)19-9-5-7-14(23)27-2/h12H,3-11H2,1-2H3,(H,19,22)(H,20,26)/t12-,18+/m1/s1. The van der Waals surface area contributed by atoms with Gasteiger partial charge in [0.05, 0.1) is 7.11 Å². The summed E-state index contributed by atoms with van der Waals surface area (Å²) in [4.78, 5) is 60.4. The Morgan fingerprint density at radius 3 is 2.68 bits per heavy atom. The Labute approximate surface area is 163 Å². The predicted octanol–water partition coefficient (Wildman–Crippen LogP) is 0.0997. The molecular formula is C18H27N3O7. The molecule has 1 spiro atoms. The van der Waals surface area contributed by atoms with Crippen molar-refractivity contribution in [1.82, 2.24) is 15.5 Å². The Hall–Kier alpha value is -2.65. The predicted molar refractivity (Wildman–Crippen MR) is 95.8 cm³/mol. The van der Waals surface area contributed by atoms with Gasteiger partial charge in [-0.3, -0.25) is 24.1 Å². The highest BCUT2D eigenvalue weighted by atomic mass is 16.5. The number of nitrogens with zero attached hydrogens (tertiary/aromatic N) is 1. The molecule has 28 heavy (non-hydrogen) atoms. The number of amides is 4. The Morgan fingerprint density at radius 1 is 1.25 bits per heavy atom. The molecule has 156 valence electrons. The summed E-state index contributed by atoms with van der Waals surface area (Å²) in [5.41, 5.74) is -0.938. The van der Waals surface area contributed by atoms with Gasteiger partial charge in [-0.2, -0.15) is 0 Å². The molecule has 2 rings (SSSR count). The molecule has 1 saturated carbocycles. The van der Waals surface area contributed by atoms with Crippen molar-refractivity contribution in [3.8, 4) is 0 Å². The van der Waals surface area contributed by atoms with Gasteiger partial charge in [0, 0.05) is 13.0 Å². The highest BCUT2D eigenvalue weighted by Gasteiger charge is 2.55. The fraction of sp³-hybridized carbons (Fsp3) is 0.722. The number of esters is 2. The summed E-state index contributed by atoms with van der Waals surface area (Å²) in [5, 5.41) is 5.25. The van der Waals surface area contributed by atoms with E-state index in [2.05, 4.69) is 15.4 Å². The van der Waals surface area contributed by atoms with Gasteiger partial charge >= 0.3 is 18.0 Å². The maximum absolute atomic E-state index is 12.7. The SMILES string of the molecule is COC(=O)CCCNC(=O)COC(=O)CN1C(=O)N[C@]2(CCCC[C@H]2C)C1=O. The summed E-state index contributed by atoms with van der Waals surface area (Å²) < 4.78 is 9.33. The normalized spacial score (nSPS) is 24.1. The molecule has 2 N–H and O–H groups in total. The maximum Gasteiger partial charge on any atom is 0.326 e. The van der Waals surface area contributed by atoms with Crippen molar-refractivity contribution in [3.05, 3.63) is 0 Å². The van der Waals surface area contributed by atoms with Crippen LogP contribution in [0.2, 0.25) is 0 Å². The number of imide groups is 1. The minimum absolute atomic E-state index is 0.00510. The molecule has 0 aromatic carbocycles. The molecule has 0 bridgehead atoms. The lowest BCUT2D eigenvalue weighted by molar-refractivity contribution is -0.151. The average molecular weight is 397 g/mol. The van der Waals surface area contributed by atoms with Crippen LogP contribution in [0.5, 0.6) is 0 Å². The van der Waals surface area contributed by atoms with Gasteiger partial charge in [0.2, 0.25) is 0 Å². The summed E-state index contributed by atoms with van der Waals surface area (Å²) in [5.74, 6) is -2.16. The molecule has 0 aromatic rings. The number of urea groups is 1. The molecule has 4 amide bonds. The molecule has 2 aliphatic rings. The van der Waals surface area contributed by atoms with Gasteiger partial charge in [-0.15, -0.1) is 0 Å². The van der Waals surface area contributed by atoms with Gasteiger partial charge in [-0.05, 0) is 25.2 Å². The number of hydrogen-bond acceptors (Lipinski definition) is 7. The van der Waals surface area contributed by atoms with Gasteiger partial charge in [0.25, 0.3) is 11.8 Å². The summed E-state index contributed by atoms with van der Waals surface area (Å²) >= 11 is 0. The van der Waals surface area contributed by atoms with Crippen molar-refractivity contribution >= 4 is 29.8 Å². The van der Waals surface area contributed by atoms with E-state index in [1.807, 2.05) is 6.92 Å². The molecule has 2 atom stereocenters. The van der Waals surface area contributed by atoms with Crippen molar-refractivity contribution in [2.45, 2.75) is 51.0 Å². The third kappa shape index (κ3) is 4.99. The van der Waals surface area contributed by atoms with E-state index in [-0.39, 0.29) is 24.9 Å². The van der Waals surface area contributed by atoms with E-state index >= 15 is 0 Å². The zero-order valence-electron chi connectivity index (χ0n) is 16.2. The van der Waals surface area contributed by atoms with Crippen LogP contribution in [0.4, 0.5) is 4.79 Å². The van der Waals surface area contributed by atoms with Gasteiger partial charge in [0.15, 0.2) is 6.61 Å². The van der Waals surface area contributed by atoms with Crippen LogP contribution in [0, 0.1) is 5.92 Å². The number of hydrogen-bond donors (Lipinski definition) is 2. The Morgan fingerprint density at radius 2 is 2.00 bits per heavy atom. The van der Waals surface area contributed by atoms with E-state index in [4.69, 9.17) is 4.74 Å². The topological polar surface area (TPSA) is 131 Å². The maximum atomic E-state index is 12.7. The van der Waals surface area contributed by atoms with Crippen molar-refractivity contribution in [2.75, 3.05) is 26.8 Å². The highest BCUT2D eigenvalue weighted by molar-refractivity contribution is 6.09. The second kappa shape index (κ2) is 9.52. The number of carbonyl (C=O) groups excluding carboxylic acids is 5. The van der Waals surface area contributed by atoms with Crippen LogP contribution in [0.25, 0.3) is 0 Å². The highest BCUT2D eigenvalue weighted by Crippen LogP contribution is 2.38. The van der Waals surface area contributed by atoms with E-state index in [0.29, 0.717) is 12.8 Å². The first-order valence-electron chi connectivity index (χ1n) is 9.43. The Kier molecular flexibility index (Phi) is 7.36. The van der Waals surface area contributed by atoms with Crippen molar-refractivity contribution in [2.24, 2.45) is 5.92 Å². The molecule has 10 heteroatoms. The lowest BCUT2D eigenvalue weighted by Crippen LogP contribution is -2.54. The smallest absolute Gasteiger partial charge is 0.326 e. The average Bonchev–Trinajstić information content (AvgIpc) is 2.90. The second-order valence-corrected chi connectivity index (χ2v) is 7.13. The molecule has 1 saturated heterocycles. The first-order chi connectivity index (χ1) is 13.3. The minimum Gasteiger partial charge on any atom is -0.469 e. The number of ether oxygens (including phenoxy) is 2. The van der Waals surface area contributed by atoms with Crippen molar-refractivity contribution in [1.29, 1.82) is 0 Å². The number of rotatable bonds is 8. The summed E-state index contributed by atoms with van der Waals surface area (Å²) in [6.45, 7) is 1.10. The largest absolute Gasteiger partial charge is 0.469 e. The molecule has 1 aliphatic heterocycles. The fourth-order valence-electron chi connectivity index (χ4n) is 3.57. The molecule has 1 aliphatic carbocycles. The van der Waals surface area contributed by atoms with Crippen LogP contribution < -0.4 is 10.6 Å². The van der Waals surface area contributed by atoms with Gasteiger partial charge in [-0.1, -0.05) is 19.8 Å². The number of carbonyl (C=O) groups is 5. The summed E-state index contributed by atoms with van der Waals surface area (Å²) in [6.07, 6.45) is 3.80. The first kappa shape index (κ1) is 21.6. The molecule has 1 heterocycles. The van der Waals surface area contributed by atoms with Crippen LogP contribution in [0.15, 0.2) is 0 Å². The van der Waals surface area contributed by atoms with Crippen LogP contribution in [0.1, 0.15) is 45.4 Å². The molecular weight excluding hydrogens is 370 g/mol. The molecule has 2 fully saturated rings. The second-order valence-electron chi connectivity index (χ2n) is 7.13. The Balaban J connectivity index is 1.75. The summed E-state index contributed by atoms with van der Waals surface area (Å²) in [6, 6.07) is -0.608. The first-order valence-corrected chi connectivity index (χ1v) is 9.43. The van der Waals surface area contributed by atoms with Crippen molar-refractivity contribution in [3.63, 3.8) is 0 Å². The zero-order valence-corrected chi connectivity index (χ0v) is 16.2. The van der Waals surface area contributed by atoms with E-state index < -0.39 is 42.5 Å². The summed E-state index contributed by atoms with van der Waals surface area (Å²) in [7, 11) is 1.28. The van der Waals surface area contributed by atoms with E-state index in [1.165, 1.54) is 7.11 Å². The van der Waals surface area contributed by atoms with Crippen LogP contribution in [0.3, 0.4) is 0 Å². The van der Waals surface area contributed by atoms with Crippen molar-refractivity contribution < 1.29 is 33.4 Å². The van der Waals surface area contributed by atoms with Crippen LogP contribution in [-0.2, 0) is 28.7 Å². The third-order valence-electron chi connectivity index (χ3n) is 5.26. The lowest BCUT2D eigenvalue weighted by atomic mass is 9.73. The molecule has 10 nitrogen and oxygen atoms in total. The van der Waals surface area contributed by atoms with Gasteiger partial charge in [-0.25, -0.2) is 4.79 Å². The quantitative estimate of drug-likeness (QED) is 0.337. The van der Waals surface area contributed by atoms with E-state index in [0.717, 1.165) is 24.2 Å². The van der Waals surface area contributed by atoms with Gasteiger partial charge < -0.3 is 20.1 Å². The molecule has 0 unspecified atom stereocenters.